The Labute approximate surface area is 57.2 Å². The fourth-order valence-corrected chi connectivity index (χ4v) is 0.922. The maximum atomic E-state index is 10.1. The van der Waals surface area contributed by atoms with Gasteiger partial charge in [-0.25, -0.2) is 4.79 Å². The van der Waals surface area contributed by atoms with E-state index in [0.29, 0.717) is 5.82 Å². The lowest BCUT2D eigenvalue weighted by molar-refractivity contribution is -0.132. The highest BCUT2D eigenvalue weighted by Crippen LogP contribution is 2.37. The van der Waals surface area contributed by atoms with Gasteiger partial charge in [0.2, 0.25) is 0 Å². The molecule has 3 N–H and O–H groups in total. The molecule has 0 atom stereocenters. The van der Waals surface area contributed by atoms with Crippen LogP contribution in [-0.4, -0.2) is 20.9 Å². The van der Waals surface area contributed by atoms with Crippen molar-refractivity contribution >= 4 is 13.6 Å². The Morgan fingerprint density at radius 1 is 1.50 bits per heavy atom. The van der Waals surface area contributed by atoms with Crippen molar-refractivity contribution in [1.29, 1.82) is 0 Å². The van der Waals surface area contributed by atoms with Crippen molar-refractivity contribution in [3.63, 3.8) is 0 Å². The maximum absolute atomic E-state index is 10.1. The highest BCUT2D eigenvalue weighted by Gasteiger charge is 2.11. The summed E-state index contributed by atoms with van der Waals surface area (Å²) in [7, 11) is -4.32. The SMILES string of the molecule is C/C(=C/P(=O)(O)O)C(=O)O. The van der Waals surface area contributed by atoms with Crippen LogP contribution in [-0.2, 0) is 9.36 Å². The van der Waals surface area contributed by atoms with E-state index in [1.807, 2.05) is 0 Å². The van der Waals surface area contributed by atoms with Gasteiger partial charge in [0.25, 0.3) is 0 Å². The average molecular weight is 166 g/mol. The van der Waals surface area contributed by atoms with Crippen molar-refractivity contribution in [2.45, 2.75) is 6.92 Å². The van der Waals surface area contributed by atoms with Gasteiger partial charge in [-0.15, -0.1) is 0 Å². The summed E-state index contributed by atoms with van der Waals surface area (Å²) in [5.41, 5.74) is -0.353. The Morgan fingerprint density at radius 2 is 1.90 bits per heavy atom. The zero-order valence-corrected chi connectivity index (χ0v) is 6.08. The normalized spacial score (nSPS) is 13.3. The first kappa shape index (κ1) is 9.36. The highest BCUT2D eigenvalue weighted by molar-refractivity contribution is 7.55. The minimum Gasteiger partial charge on any atom is -0.478 e. The molecule has 0 saturated carbocycles. The molecule has 0 rings (SSSR count). The van der Waals surface area contributed by atoms with Gasteiger partial charge in [-0.1, -0.05) is 0 Å². The third-order valence-electron chi connectivity index (χ3n) is 0.699. The lowest BCUT2D eigenvalue weighted by Gasteiger charge is -1.95. The van der Waals surface area contributed by atoms with Gasteiger partial charge in [0.1, 0.15) is 0 Å². The summed E-state index contributed by atoms with van der Waals surface area (Å²) < 4.78 is 10.1. The molecule has 0 spiro atoms. The van der Waals surface area contributed by atoms with Crippen molar-refractivity contribution in [2.24, 2.45) is 0 Å². The van der Waals surface area contributed by atoms with Crippen molar-refractivity contribution in [2.75, 3.05) is 0 Å². The van der Waals surface area contributed by atoms with Crippen LogP contribution in [0.25, 0.3) is 0 Å². The topological polar surface area (TPSA) is 94.8 Å². The zero-order chi connectivity index (χ0) is 8.36. The standard InChI is InChI=1S/C4H7O5P/c1-3(4(5)6)2-10(7,8)9/h2H,1H3,(H,5,6)(H2,7,8,9)/b3-2-. The molecule has 0 aromatic rings. The molecular formula is C4H7O5P. The number of carboxylic acid groups (broad SMARTS) is 1. The molecule has 0 bridgehead atoms. The molecule has 0 aromatic carbocycles. The predicted molar refractivity (Wildman–Crippen MR) is 33.4 cm³/mol. The molecule has 0 unspecified atom stereocenters. The molecule has 5 nitrogen and oxygen atoms in total. The Kier molecular flexibility index (Phi) is 2.77. The van der Waals surface area contributed by atoms with Crippen LogP contribution >= 0.6 is 7.60 Å². The van der Waals surface area contributed by atoms with Crippen LogP contribution in [0.2, 0.25) is 0 Å². The second kappa shape index (κ2) is 2.96. The van der Waals surface area contributed by atoms with Crippen LogP contribution in [0.3, 0.4) is 0 Å². The third kappa shape index (κ3) is 4.26. The maximum Gasteiger partial charge on any atom is 0.349 e. The van der Waals surface area contributed by atoms with Crippen LogP contribution < -0.4 is 0 Å². The molecule has 6 heteroatoms. The molecule has 0 amide bonds. The number of hydrogen-bond acceptors (Lipinski definition) is 2. The Balaban J connectivity index is 4.48. The summed E-state index contributed by atoms with van der Waals surface area (Å²) >= 11 is 0. The van der Waals surface area contributed by atoms with Gasteiger partial charge in [-0.05, 0) is 6.92 Å². The first-order valence-electron chi connectivity index (χ1n) is 2.31. The summed E-state index contributed by atoms with van der Waals surface area (Å²) in [6.45, 7) is 1.11. The van der Waals surface area contributed by atoms with E-state index in [2.05, 4.69) is 0 Å². The number of carbonyl (C=O) groups is 1. The molecular weight excluding hydrogens is 159 g/mol. The lowest BCUT2D eigenvalue weighted by atomic mass is 10.4. The van der Waals surface area contributed by atoms with Gasteiger partial charge >= 0.3 is 13.6 Å². The van der Waals surface area contributed by atoms with Gasteiger partial charge in [0.05, 0.1) is 0 Å². The van der Waals surface area contributed by atoms with Crippen LogP contribution in [0.1, 0.15) is 6.92 Å². The summed E-state index contributed by atoms with van der Waals surface area (Å²) in [5, 5.41) is 8.13. The first-order valence-corrected chi connectivity index (χ1v) is 3.99. The summed E-state index contributed by atoms with van der Waals surface area (Å²) in [4.78, 5) is 26.4. The molecule has 0 aliphatic rings. The smallest absolute Gasteiger partial charge is 0.349 e. The van der Waals surface area contributed by atoms with Crippen LogP contribution in [0.15, 0.2) is 11.4 Å². The minimum atomic E-state index is -4.32. The molecule has 58 valence electrons. The molecule has 0 radical (unpaired) electrons. The van der Waals surface area contributed by atoms with Gasteiger partial charge < -0.3 is 14.9 Å². The summed E-state index contributed by atoms with van der Waals surface area (Å²) in [6.07, 6.45) is 0. The van der Waals surface area contributed by atoms with Gasteiger partial charge in [-0.2, -0.15) is 0 Å². The number of aliphatic carboxylic acids is 1. The zero-order valence-electron chi connectivity index (χ0n) is 5.18. The number of carboxylic acids is 1. The van der Waals surface area contributed by atoms with E-state index in [1.54, 1.807) is 0 Å². The first-order chi connectivity index (χ1) is 4.33. The summed E-state index contributed by atoms with van der Waals surface area (Å²) in [5.74, 6) is -0.918. The Bertz CT molecular complexity index is 212. The Hall–Kier alpha value is -0.640. The van der Waals surface area contributed by atoms with Crippen molar-refractivity contribution in [3.8, 4) is 0 Å². The quantitative estimate of drug-likeness (QED) is 0.401. The van der Waals surface area contributed by atoms with Crippen LogP contribution in [0.4, 0.5) is 0 Å². The van der Waals surface area contributed by atoms with E-state index in [4.69, 9.17) is 14.9 Å². The van der Waals surface area contributed by atoms with Crippen LogP contribution in [0.5, 0.6) is 0 Å². The van der Waals surface area contributed by atoms with Gasteiger partial charge in [0.15, 0.2) is 0 Å². The molecule has 0 aliphatic heterocycles. The number of hydrogen-bond donors (Lipinski definition) is 3. The van der Waals surface area contributed by atoms with E-state index >= 15 is 0 Å². The molecule has 0 aromatic heterocycles. The molecule has 0 heterocycles. The molecule has 0 aliphatic carbocycles. The van der Waals surface area contributed by atoms with E-state index in [9.17, 15) is 9.36 Å². The minimum absolute atomic E-state index is 0.353. The van der Waals surface area contributed by atoms with Gasteiger partial charge in [0, 0.05) is 11.4 Å². The second-order valence-electron chi connectivity index (χ2n) is 1.71. The molecule has 0 saturated heterocycles. The molecule has 0 fully saturated rings. The second-order valence-corrected chi connectivity index (χ2v) is 3.14. The van der Waals surface area contributed by atoms with Gasteiger partial charge in [-0.3, -0.25) is 4.57 Å². The van der Waals surface area contributed by atoms with Crippen molar-refractivity contribution in [3.05, 3.63) is 11.4 Å². The van der Waals surface area contributed by atoms with E-state index in [-0.39, 0.29) is 5.57 Å². The highest BCUT2D eigenvalue weighted by atomic mass is 31.2. The van der Waals surface area contributed by atoms with Crippen LogP contribution in [0, 0.1) is 0 Å². The predicted octanol–water partition coefficient (Wildman–Crippen LogP) is 0.153. The fourth-order valence-electron chi connectivity index (χ4n) is 0.307. The third-order valence-corrected chi connectivity index (χ3v) is 1.42. The number of rotatable bonds is 2. The van der Waals surface area contributed by atoms with E-state index < -0.39 is 13.6 Å². The van der Waals surface area contributed by atoms with E-state index in [1.165, 1.54) is 0 Å². The monoisotopic (exact) mass is 166 g/mol. The largest absolute Gasteiger partial charge is 0.478 e. The molecule has 10 heavy (non-hydrogen) atoms. The Morgan fingerprint density at radius 3 is 2.00 bits per heavy atom. The van der Waals surface area contributed by atoms with Crippen molar-refractivity contribution < 1.29 is 24.3 Å². The average Bonchev–Trinajstić information content (AvgIpc) is 1.60. The van der Waals surface area contributed by atoms with Crippen molar-refractivity contribution in [1.82, 2.24) is 0 Å². The summed E-state index contributed by atoms with van der Waals surface area (Å²) in [6, 6.07) is 0. The van der Waals surface area contributed by atoms with E-state index in [0.717, 1.165) is 6.92 Å². The fraction of sp³-hybridized carbons (Fsp3) is 0.250. The lowest BCUT2D eigenvalue weighted by Crippen LogP contribution is -1.95.